The second-order valence-electron chi connectivity index (χ2n) is 7.31. The predicted octanol–water partition coefficient (Wildman–Crippen LogP) is 3.18. The largest absolute Gasteiger partial charge is 0.497 e. The second-order valence-corrected chi connectivity index (χ2v) is 8.99. The molecule has 0 fully saturated rings. The van der Waals surface area contributed by atoms with Gasteiger partial charge in [0.05, 0.1) is 12.0 Å². The van der Waals surface area contributed by atoms with E-state index in [0.29, 0.717) is 17.2 Å². The van der Waals surface area contributed by atoms with Crippen molar-refractivity contribution in [1.82, 2.24) is 4.72 Å². The highest BCUT2D eigenvalue weighted by Gasteiger charge is 2.22. The van der Waals surface area contributed by atoms with Crippen molar-refractivity contribution in [2.75, 3.05) is 12.4 Å². The molecular weight excluding hydrogens is 380 g/mol. The monoisotopic (exact) mass is 406 g/mol. The van der Waals surface area contributed by atoms with Gasteiger partial charge in [0.25, 0.3) is 5.91 Å². The molecule has 0 spiro atoms. The van der Waals surface area contributed by atoms with E-state index in [1.54, 1.807) is 71.2 Å². The topological polar surface area (TPSA) is 93.7 Å². The number of ether oxygens (including phenoxy) is 2. The molecule has 0 aliphatic rings. The summed E-state index contributed by atoms with van der Waals surface area (Å²) < 4.78 is 38.2. The molecule has 0 saturated heterocycles. The zero-order chi connectivity index (χ0) is 20.9. The van der Waals surface area contributed by atoms with Crippen molar-refractivity contribution in [3.8, 4) is 11.5 Å². The molecule has 0 aliphatic carbocycles. The van der Waals surface area contributed by atoms with Crippen molar-refractivity contribution in [2.45, 2.75) is 44.2 Å². The average molecular weight is 407 g/mol. The van der Waals surface area contributed by atoms with E-state index < -0.39 is 27.6 Å². The van der Waals surface area contributed by atoms with Gasteiger partial charge in [0.2, 0.25) is 10.0 Å². The van der Waals surface area contributed by atoms with Crippen LogP contribution in [0.15, 0.2) is 53.4 Å². The number of benzene rings is 2. The SMILES string of the molecule is COc1ccc(O[C@H](C)C(=O)Nc2cccc(S(=O)(=O)NC(C)(C)C)c2)cc1. The molecule has 0 aliphatic heterocycles. The minimum Gasteiger partial charge on any atom is -0.497 e. The van der Waals surface area contributed by atoms with Gasteiger partial charge in [-0.25, -0.2) is 13.1 Å². The van der Waals surface area contributed by atoms with E-state index in [9.17, 15) is 13.2 Å². The Kier molecular flexibility index (Phi) is 6.69. The molecule has 2 aromatic carbocycles. The molecule has 0 unspecified atom stereocenters. The molecule has 2 aromatic rings. The Labute approximate surface area is 166 Å². The molecule has 2 rings (SSSR count). The van der Waals surface area contributed by atoms with Gasteiger partial charge < -0.3 is 14.8 Å². The number of methoxy groups -OCH3 is 1. The Balaban J connectivity index is 2.07. The quantitative estimate of drug-likeness (QED) is 0.737. The van der Waals surface area contributed by atoms with Crippen LogP contribution in [0.2, 0.25) is 0 Å². The average Bonchev–Trinajstić information content (AvgIpc) is 2.60. The zero-order valence-corrected chi connectivity index (χ0v) is 17.5. The molecule has 1 atom stereocenters. The van der Waals surface area contributed by atoms with Crippen LogP contribution in [0.5, 0.6) is 11.5 Å². The molecule has 7 nitrogen and oxygen atoms in total. The van der Waals surface area contributed by atoms with E-state index in [-0.39, 0.29) is 4.90 Å². The molecule has 8 heteroatoms. The van der Waals surface area contributed by atoms with E-state index >= 15 is 0 Å². The molecule has 0 saturated carbocycles. The van der Waals surface area contributed by atoms with Gasteiger partial charge in [-0.3, -0.25) is 4.79 Å². The fraction of sp³-hybridized carbons (Fsp3) is 0.350. The summed E-state index contributed by atoms with van der Waals surface area (Å²) in [4.78, 5) is 12.5. The number of hydrogen-bond donors (Lipinski definition) is 2. The van der Waals surface area contributed by atoms with Gasteiger partial charge in [-0.05, 0) is 70.2 Å². The number of sulfonamides is 1. The summed E-state index contributed by atoms with van der Waals surface area (Å²) in [5.74, 6) is 0.814. The number of amides is 1. The van der Waals surface area contributed by atoms with Gasteiger partial charge in [-0.1, -0.05) is 6.07 Å². The predicted molar refractivity (Wildman–Crippen MR) is 108 cm³/mol. The van der Waals surface area contributed by atoms with Crippen LogP contribution >= 0.6 is 0 Å². The van der Waals surface area contributed by atoms with Crippen LogP contribution in [0.3, 0.4) is 0 Å². The van der Waals surface area contributed by atoms with E-state index in [0.717, 1.165) is 0 Å². The van der Waals surface area contributed by atoms with Crippen molar-refractivity contribution in [3.05, 3.63) is 48.5 Å². The van der Waals surface area contributed by atoms with E-state index in [1.807, 2.05) is 0 Å². The highest BCUT2D eigenvalue weighted by Crippen LogP contribution is 2.20. The molecule has 1 amide bonds. The summed E-state index contributed by atoms with van der Waals surface area (Å²) in [7, 11) is -2.13. The number of anilines is 1. The smallest absolute Gasteiger partial charge is 0.265 e. The van der Waals surface area contributed by atoms with Crippen molar-refractivity contribution >= 4 is 21.6 Å². The van der Waals surface area contributed by atoms with Crippen LogP contribution in [-0.4, -0.2) is 33.1 Å². The van der Waals surface area contributed by atoms with E-state index in [2.05, 4.69) is 10.0 Å². The molecule has 2 N–H and O–H groups in total. The van der Waals surface area contributed by atoms with Gasteiger partial charge in [0, 0.05) is 11.2 Å². The normalized spacial score (nSPS) is 12.9. The van der Waals surface area contributed by atoms with Gasteiger partial charge >= 0.3 is 0 Å². The summed E-state index contributed by atoms with van der Waals surface area (Å²) in [6.45, 7) is 6.89. The highest BCUT2D eigenvalue weighted by molar-refractivity contribution is 7.89. The third-order valence-corrected chi connectivity index (χ3v) is 5.35. The first kappa shape index (κ1) is 21.7. The number of hydrogen-bond acceptors (Lipinski definition) is 5. The third-order valence-electron chi connectivity index (χ3n) is 3.59. The van der Waals surface area contributed by atoms with Crippen molar-refractivity contribution in [2.24, 2.45) is 0 Å². The maximum atomic E-state index is 12.5. The van der Waals surface area contributed by atoms with E-state index in [1.165, 1.54) is 12.1 Å². The van der Waals surface area contributed by atoms with Crippen LogP contribution < -0.4 is 19.5 Å². The molecular formula is C20H26N2O5S. The fourth-order valence-corrected chi connectivity index (χ4v) is 3.82. The molecule has 0 aromatic heterocycles. The van der Waals surface area contributed by atoms with Gasteiger partial charge in [0.15, 0.2) is 6.10 Å². The van der Waals surface area contributed by atoms with Crippen LogP contribution in [0.1, 0.15) is 27.7 Å². The number of carbonyl (C=O) groups is 1. The van der Waals surface area contributed by atoms with Crippen molar-refractivity contribution in [1.29, 1.82) is 0 Å². The first-order chi connectivity index (χ1) is 13.0. The highest BCUT2D eigenvalue weighted by atomic mass is 32.2. The van der Waals surface area contributed by atoms with Crippen LogP contribution in [0.25, 0.3) is 0 Å². The van der Waals surface area contributed by atoms with Gasteiger partial charge in [-0.15, -0.1) is 0 Å². The molecule has 0 radical (unpaired) electrons. The first-order valence-electron chi connectivity index (χ1n) is 8.76. The number of rotatable bonds is 7. The summed E-state index contributed by atoms with van der Waals surface area (Å²) in [5.41, 5.74) is -0.245. The lowest BCUT2D eigenvalue weighted by atomic mass is 10.1. The lowest BCUT2D eigenvalue weighted by Gasteiger charge is -2.20. The van der Waals surface area contributed by atoms with Crippen LogP contribution in [0.4, 0.5) is 5.69 Å². The van der Waals surface area contributed by atoms with Crippen LogP contribution in [-0.2, 0) is 14.8 Å². The molecule has 28 heavy (non-hydrogen) atoms. The molecule has 0 bridgehead atoms. The summed E-state index contributed by atoms with van der Waals surface area (Å²) in [6, 6.07) is 12.9. The second kappa shape index (κ2) is 8.62. The van der Waals surface area contributed by atoms with Gasteiger partial charge in [-0.2, -0.15) is 0 Å². The van der Waals surface area contributed by atoms with Crippen molar-refractivity contribution < 1.29 is 22.7 Å². The van der Waals surface area contributed by atoms with Crippen molar-refractivity contribution in [3.63, 3.8) is 0 Å². The van der Waals surface area contributed by atoms with E-state index in [4.69, 9.17) is 9.47 Å². The molecule has 152 valence electrons. The standard InChI is InChI=1S/C20H26N2O5S/c1-14(27-17-11-9-16(26-5)10-12-17)19(23)21-15-7-6-8-18(13-15)28(24,25)22-20(2,3)4/h6-14,22H,1-5H3,(H,21,23)/t14-/m1/s1. The lowest BCUT2D eigenvalue weighted by Crippen LogP contribution is -2.40. The minimum absolute atomic E-state index is 0.0731. The molecule has 0 heterocycles. The van der Waals surface area contributed by atoms with Crippen LogP contribution in [0, 0.1) is 0 Å². The number of nitrogens with one attached hydrogen (secondary N) is 2. The Morgan fingerprint density at radius 2 is 1.64 bits per heavy atom. The Bertz CT molecular complexity index is 918. The maximum Gasteiger partial charge on any atom is 0.265 e. The lowest BCUT2D eigenvalue weighted by molar-refractivity contribution is -0.122. The maximum absolute atomic E-state index is 12.5. The Morgan fingerprint density at radius 3 is 2.21 bits per heavy atom. The fourth-order valence-electron chi connectivity index (χ4n) is 2.36. The summed E-state index contributed by atoms with van der Waals surface area (Å²) >= 11 is 0. The number of carbonyl (C=O) groups excluding carboxylic acids is 1. The minimum atomic E-state index is -3.70. The van der Waals surface area contributed by atoms with Gasteiger partial charge in [0.1, 0.15) is 11.5 Å². The summed E-state index contributed by atoms with van der Waals surface area (Å²) in [5, 5.41) is 2.68. The Hall–Kier alpha value is -2.58. The summed E-state index contributed by atoms with van der Waals surface area (Å²) in [6.07, 6.45) is -0.777. The first-order valence-corrected chi connectivity index (χ1v) is 10.2. The zero-order valence-electron chi connectivity index (χ0n) is 16.6. The Morgan fingerprint density at radius 1 is 1.04 bits per heavy atom. The third kappa shape index (κ3) is 6.24.